The Morgan fingerprint density at radius 1 is 1.45 bits per heavy atom. The van der Waals surface area contributed by atoms with Crippen molar-refractivity contribution in [2.24, 2.45) is 0 Å². The lowest BCUT2D eigenvalue weighted by atomic mass is 10.1. The molecule has 0 radical (unpaired) electrons. The van der Waals surface area contributed by atoms with Crippen molar-refractivity contribution in [2.45, 2.75) is 25.8 Å². The van der Waals surface area contributed by atoms with Gasteiger partial charge in [-0.15, -0.1) is 0 Å². The topological polar surface area (TPSA) is 48.3 Å². The Kier molecular flexibility index (Phi) is 3.92. The molecule has 1 fully saturated rings. The summed E-state index contributed by atoms with van der Waals surface area (Å²) in [5.74, 6) is -2.36. The number of pyridine rings is 1. The highest BCUT2D eigenvalue weighted by Gasteiger charge is 2.29. The van der Waals surface area contributed by atoms with Gasteiger partial charge in [-0.05, 0) is 48.4 Å². The number of esters is 1. The molecule has 0 bridgehead atoms. The summed E-state index contributed by atoms with van der Waals surface area (Å²) >= 11 is 1.57. The third kappa shape index (κ3) is 2.41. The SMILES string of the molecule is CCOC(=O)c1cn(C2CC2)c2c(F)c(I)c(F)cc2c1=O. The molecule has 116 valence electrons. The smallest absolute Gasteiger partial charge is 0.343 e. The van der Waals surface area contributed by atoms with E-state index in [4.69, 9.17) is 4.74 Å². The highest BCUT2D eigenvalue weighted by atomic mass is 127. The molecule has 0 aliphatic heterocycles. The van der Waals surface area contributed by atoms with E-state index in [0.29, 0.717) is 0 Å². The quantitative estimate of drug-likeness (QED) is 0.436. The highest BCUT2D eigenvalue weighted by molar-refractivity contribution is 14.1. The van der Waals surface area contributed by atoms with Crippen LogP contribution in [0.4, 0.5) is 8.78 Å². The van der Waals surface area contributed by atoms with Crippen LogP contribution in [0.25, 0.3) is 10.9 Å². The van der Waals surface area contributed by atoms with Crippen molar-refractivity contribution < 1.29 is 18.3 Å². The van der Waals surface area contributed by atoms with Gasteiger partial charge in [-0.1, -0.05) is 0 Å². The number of rotatable bonds is 3. The second-order valence-electron chi connectivity index (χ2n) is 5.11. The minimum absolute atomic E-state index is 0.0204. The Bertz CT molecular complexity index is 843. The van der Waals surface area contributed by atoms with Crippen molar-refractivity contribution >= 4 is 39.5 Å². The lowest BCUT2D eigenvalue weighted by Crippen LogP contribution is -2.21. The van der Waals surface area contributed by atoms with Crippen molar-refractivity contribution in [3.63, 3.8) is 0 Å². The Hall–Kier alpha value is -1.51. The van der Waals surface area contributed by atoms with Crippen LogP contribution in [-0.4, -0.2) is 17.1 Å². The average molecular weight is 419 g/mol. The summed E-state index contributed by atoms with van der Waals surface area (Å²) in [6.45, 7) is 1.75. The van der Waals surface area contributed by atoms with Gasteiger partial charge < -0.3 is 9.30 Å². The molecule has 1 aromatic heterocycles. The van der Waals surface area contributed by atoms with Crippen LogP contribution in [0, 0.1) is 15.2 Å². The number of carbonyl (C=O) groups is 1. The number of benzene rings is 1. The predicted octanol–water partition coefficient (Wildman–Crippen LogP) is 3.40. The fraction of sp³-hybridized carbons (Fsp3) is 0.333. The first-order chi connectivity index (χ1) is 10.5. The number of hydrogen-bond acceptors (Lipinski definition) is 3. The molecule has 0 atom stereocenters. The molecule has 1 saturated carbocycles. The van der Waals surface area contributed by atoms with E-state index >= 15 is 0 Å². The molecule has 1 aromatic carbocycles. The number of nitrogens with zero attached hydrogens (tertiary/aromatic N) is 1. The predicted molar refractivity (Wildman–Crippen MR) is 85.1 cm³/mol. The third-order valence-electron chi connectivity index (χ3n) is 3.59. The van der Waals surface area contributed by atoms with E-state index in [1.165, 1.54) is 6.20 Å². The largest absolute Gasteiger partial charge is 0.462 e. The zero-order valence-electron chi connectivity index (χ0n) is 11.7. The van der Waals surface area contributed by atoms with E-state index in [9.17, 15) is 18.4 Å². The zero-order valence-corrected chi connectivity index (χ0v) is 13.8. The van der Waals surface area contributed by atoms with Crippen LogP contribution in [0.3, 0.4) is 0 Å². The van der Waals surface area contributed by atoms with Crippen molar-refractivity contribution in [1.29, 1.82) is 0 Å². The lowest BCUT2D eigenvalue weighted by Gasteiger charge is -2.14. The Morgan fingerprint density at radius 3 is 2.73 bits per heavy atom. The van der Waals surface area contributed by atoms with E-state index in [2.05, 4.69) is 0 Å². The second-order valence-corrected chi connectivity index (χ2v) is 6.19. The van der Waals surface area contributed by atoms with Gasteiger partial charge in [-0.2, -0.15) is 0 Å². The van der Waals surface area contributed by atoms with Crippen LogP contribution >= 0.6 is 22.6 Å². The monoisotopic (exact) mass is 419 g/mol. The summed E-state index contributed by atoms with van der Waals surface area (Å²) in [7, 11) is 0. The van der Waals surface area contributed by atoms with Gasteiger partial charge in [0.25, 0.3) is 0 Å². The van der Waals surface area contributed by atoms with E-state index < -0.39 is 23.0 Å². The molecule has 7 heteroatoms. The molecule has 4 nitrogen and oxygen atoms in total. The lowest BCUT2D eigenvalue weighted by molar-refractivity contribution is 0.0524. The van der Waals surface area contributed by atoms with Crippen molar-refractivity contribution in [3.8, 4) is 0 Å². The summed E-state index contributed by atoms with van der Waals surface area (Å²) in [6.07, 6.45) is 2.98. The van der Waals surface area contributed by atoms with Crippen molar-refractivity contribution in [3.05, 3.63) is 43.3 Å². The molecule has 1 aliphatic rings. The molecule has 1 heterocycles. The highest BCUT2D eigenvalue weighted by Crippen LogP contribution is 2.38. The van der Waals surface area contributed by atoms with E-state index in [-0.39, 0.29) is 32.7 Å². The molecule has 3 rings (SSSR count). The first kappa shape index (κ1) is 15.4. The van der Waals surface area contributed by atoms with Crippen LogP contribution < -0.4 is 5.43 Å². The standard InChI is InChI=1S/C15H12F2INO3/c1-2-22-15(21)9-6-19(7-3-4-7)13-8(14(9)20)5-10(16)12(18)11(13)17/h5-7H,2-4H2,1H3. The van der Waals surface area contributed by atoms with Crippen LogP contribution in [0.2, 0.25) is 0 Å². The van der Waals surface area contributed by atoms with Gasteiger partial charge in [-0.3, -0.25) is 4.79 Å². The third-order valence-corrected chi connectivity index (χ3v) is 4.58. The Morgan fingerprint density at radius 2 is 2.14 bits per heavy atom. The van der Waals surface area contributed by atoms with Gasteiger partial charge in [0, 0.05) is 12.2 Å². The van der Waals surface area contributed by atoms with Gasteiger partial charge in [0.1, 0.15) is 11.4 Å². The van der Waals surface area contributed by atoms with E-state index in [1.54, 1.807) is 34.1 Å². The van der Waals surface area contributed by atoms with E-state index in [1.807, 2.05) is 0 Å². The molecule has 22 heavy (non-hydrogen) atoms. The second kappa shape index (κ2) is 5.60. The molecule has 0 saturated heterocycles. The molecule has 0 spiro atoms. The number of ether oxygens (including phenoxy) is 1. The van der Waals surface area contributed by atoms with Crippen LogP contribution in [0.15, 0.2) is 17.1 Å². The molecule has 1 aliphatic carbocycles. The summed E-state index contributed by atoms with van der Waals surface area (Å²) in [5, 5.41) is -0.132. The molecular weight excluding hydrogens is 407 g/mol. The number of halogens is 3. The van der Waals surface area contributed by atoms with Gasteiger partial charge in [0.05, 0.1) is 21.1 Å². The summed E-state index contributed by atoms with van der Waals surface area (Å²) in [6, 6.07) is 1.01. The fourth-order valence-electron chi connectivity index (χ4n) is 2.41. The van der Waals surface area contributed by atoms with Crippen molar-refractivity contribution in [2.75, 3.05) is 6.61 Å². The fourth-order valence-corrected chi connectivity index (χ4v) is 2.82. The number of hydrogen-bond donors (Lipinski definition) is 0. The molecule has 2 aromatic rings. The number of fused-ring (bicyclic) bond motifs is 1. The first-order valence-electron chi connectivity index (χ1n) is 6.85. The maximum Gasteiger partial charge on any atom is 0.343 e. The minimum Gasteiger partial charge on any atom is -0.462 e. The molecule has 0 unspecified atom stereocenters. The number of aromatic nitrogens is 1. The Labute approximate surface area is 138 Å². The molecular formula is C15H12F2INO3. The Balaban J connectivity index is 2.38. The summed E-state index contributed by atoms with van der Waals surface area (Å²) in [5.41, 5.74) is -0.854. The summed E-state index contributed by atoms with van der Waals surface area (Å²) in [4.78, 5) is 24.3. The average Bonchev–Trinajstić information content (AvgIpc) is 3.30. The van der Waals surface area contributed by atoms with Gasteiger partial charge >= 0.3 is 5.97 Å². The maximum absolute atomic E-state index is 14.4. The first-order valence-corrected chi connectivity index (χ1v) is 7.93. The molecule has 0 N–H and O–H groups in total. The normalized spacial score (nSPS) is 14.4. The maximum atomic E-state index is 14.4. The van der Waals surface area contributed by atoms with Crippen LogP contribution in [0.1, 0.15) is 36.2 Å². The van der Waals surface area contributed by atoms with Gasteiger partial charge in [-0.25, -0.2) is 13.6 Å². The minimum atomic E-state index is -0.814. The zero-order chi connectivity index (χ0) is 16.0. The van der Waals surface area contributed by atoms with Crippen LogP contribution in [-0.2, 0) is 4.74 Å². The van der Waals surface area contributed by atoms with Gasteiger partial charge in [0.15, 0.2) is 5.82 Å². The van der Waals surface area contributed by atoms with Crippen LogP contribution in [0.5, 0.6) is 0 Å². The van der Waals surface area contributed by atoms with E-state index in [0.717, 1.165) is 18.9 Å². The van der Waals surface area contributed by atoms with Crippen molar-refractivity contribution in [1.82, 2.24) is 4.57 Å². The summed E-state index contributed by atoms with van der Waals surface area (Å²) < 4.78 is 34.5. The number of carbonyl (C=O) groups excluding carboxylic acids is 1. The molecule has 0 amide bonds. The van der Waals surface area contributed by atoms with Gasteiger partial charge in [0.2, 0.25) is 5.43 Å².